The van der Waals surface area contributed by atoms with Gasteiger partial charge in [-0.2, -0.15) is 0 Å². The minimum Gasteiger partial charge on any atom is -0.325 e. The molecule has 0 atom stereocenters. The van der Waals surface area contributed by atoms with E-state index in [4.69, 9.17) is 0 Å². The number of imide groups is 1. The molecule has 1 saturated heterocycles. The minimum atomic E-state index is -0.769. The Labute approximate surface area is 128 Å². The van der Waals surface area contributed by atoms with Crippen LogP contribution in [0, 0.1) is 5.92 Å². The van der Waals surface area contributed by atoms with Gasteiger partial charge in [-0.1, -0.05) is 13.8 Å². The van der Waals surface area contributed by atoms with Crippen molar-refractivity contribution in [3.63, 3.8) is 0 Å². The molecule has 2 heterocycles. The molecule has 0 bridgehead atoms. The summed E-state index contributed by atoms with van der Waals surface area (Å²) in [5.41, 5.74) is -0.769. The second-order valence-electron chi connectivity index (χ2n) is 6.16. The Morgan fingerprint density at radius 1 is 1.48 bits per heavy atom. The number of rotatable bonds is 5. The van der Waals surface area contributed by atoms with E-state index in [0.29, 0.717) is 11.0 Å². The molecule has 2 N–H and O–H groups in total. The molecule has 7 heteroatoms. The highest BCUT2D eigenvalue weighted by Gasteiger charge is 2.42. The lowest BCUT2D eigenvalue weighted by Gasteiger charge is -2.39. The summed E-state index contributed by atoms with van der Waals surface area (Å²) >= 11 is 1.52. The zero-order valence-corrected chi connectivity index (χ0v) is 13.7. The maximum Gasteiger partial charge on any atom is 0.251 e. The van der Waals surface area contributed by atoms with Crippen molar-refractivity contribution in [3.05, 3.63) is 11.1 Å². The van der Waals surface area contributed by atoms with Crippen molar-refractivity contribution in [1.29, 1.82) is 0 Å². The van der Waals surface area contributed by atoms with E-state index in [0.717, 1.165) is 18.0 Å². The molecule has 0 aromatic carbocycles. The van der Waals surface area contributed by atoms with Crippen molar-refractivity contribution in [1.82, 2.24) is 15.6 Å². The van der Waals surface area contributed by atoms with Gasteiger partial charge in [-0.25, -0.2) is 4.98 Å². The minimum absolute atomic E-state index is 0.158. The van der Waals surface area contributed by atoms with Gasteiger partial charge in [-0.15, -0.1) is 11.3 Å². The predicted octanol–water partition coefficient (Wildman–Crippen LogP) is 1.13. The van der Waals surface area contributed by atoms with Crippen molar-refractivity contribution in [2.75, 3.05) is 18.0 Å². The highest BCUT2D eigenvalue weighted by molar-refractivity contribution is 7.15. The van der Waals surface area contributed by atoms with Gasteiger partial charge in [0.1, 0.15) is 12.1 Å². The summed E-state index contributed by atoms with van der Waals surface area (Å²) < 4.78 is 0. The van der Waals surface area contributed by atoms with E-state index >= 15 is 0 Å². The molecule has 0 aliphatic carbocycles. The third-order valence-corrected chi connectivity index (χ3v) is 4.43. The molecule has 116 valence electrons. The molecule has 1 aliphatic heterocycles. The number of nitrogens with one attached hydrogen (secondary N) is 2. The van der Waals surface area contributed by atoms with Crippen LogP contribution in [-0.4, -0.2) is 35.4 Å². The van der Waals surface area contributed by atoms with Crippen LogP contribution in [0.4, 0.5) is 5.13 Å². The van der Waals surface area contributed by atoms with Crippen molar-refractivity contribution in [2.45, 2.75) is 39.8 Å². The molecule has 2 amide bonds. The molecule has 1 aromatic rings. The van der Waals surface area contributed by atoms with Gasteiger partial charge in [-0.05, 0) is 26.3 Å². The monoisotopic (exact) mass is 310 g/mol. The predicted molar refractivity (Wildman–Crippen MR) is 83.2 cm³/mol. The van der Waals surface area contributed by atoms with E-state index in [9.17, 15) is 9.59 Å². The van der Waals surface area contributed by atoms with Gasteiger partial charge in [0.25, 0.3) is 5.91 Å². The number of anilines is 1. The summed E-state index contributed by atoms with van der Waals surface area (Å²) in [6.07, 6.45) is 1.81. The number of piperazine rings is 1. The molecular formula is C14H22N4O2S. The van der Waals surface area contributed by atoms with Crippen molar-refractivity contribution in [2.24, 2.45) is 5.92 Å². The maximum absolute atomic E-state index is 12.0. The molecule has 21 heavy (non-hydrogen) atoms. The van der Waals surface area contributed by atoms with E-state index in [1.165, 1.54) is 11.3 Å². The highest BCUT2D eigenvalue weighted by Crippen LogP contribution is 2.30. The van der Waals surface area contributed by atoms with E-state index in [1.54, 1.807) is 24.9 Å². The number of thiazole rings is 1. The summed E-state index contributed by atoms with van der Waals surface area (Å²) in [5, 5.41) is 6.44. The quantitative estimate of drug-likeness (QED) is 0.798. The van der Waals surface area contributed by atoms with Crippen LogP contribution in [0.1, 0.15) is 32.6 Å². The molecular weight excluding hydrogens is 288 g/mol. The lowest BCUT2D eigenvalue weighted by Crippen LogP contribution is -2.64. The van der Waals surface area contributed by atoms with Gasteiger partial charge in [0.2, 0.25) is 5.91 Å². The van der Waals surface area contributed by atoms with E-state index < -0.39 is 5.54 Å². The topological polar surface area (TPSA) is 74.3 Å². The largest absolute Gasteiger partial charge is 0.325 e. The van der Waals surface area contributed by atoms with Crippen molar-refractivity contribution >= 4 is 28.3 Å². The molecule has 1 aromatic heterocycles. The summed E-state index contributed by atoms with van der Waals surface area (Å²) in [6.45, 7) is 9.77. The van der Waals surface area contributed by atoms with Crippen LogP contribution in [0.5, 0.6) is 0 Å². The maximum atomic E-state index is 12.0. The summed E-state index contributed by atoms with van der Waals surface area (Å²) in [4.78, 5) is 30.8. The van der Waals surface area contributed by atoms with Crippen molar-refractivity contribution < 1.29 is 9.59 Å². The smallest absolute Gasteiger partial charge is 0.251 e. The third-order valence-electron chi connectivity index (χ3n) is 3.41. The first kappa shape index (κ1) is 15.9. The van der Waals surface area contributed by atoms with Crippen LogP contribution < -0.4 is 15.5 Å². The van der Waals surface area contributed by atoms with Gasteiger partial charge >= 0.3 is 0 Å². The number of amides is 2. The lowest BCUT2D eigenvalue weighted by molar-refractivity contribution is -0.135. The average Bonchev–Trinajstić information content (AvgIpc) is 2.82. The van der Waals surface area contributed by atoms with Crippen LogP contribution in [0.15, 0.2) is 6.20 Å². The second-order valence-corrected chi connectivity index (χ2v) is 7.25. The first-order chi connectivity index (χ1) is 9.80. The molecule has 0 spiro atoms. The number of hydrogen-bond acceptors (Lipinski definition) is 6. The zero-order chi connectivity index (χ0) is 15.6. The second kappa shape index (κ2) is 6.11. The van der Waals surface area contributed by atoms with E-state index in [1.807, 2.05) is 0 Å². The first-order valence-corrected chi connectivity index (χ1v) is 7.89. The van der Waals surface area contributed by atoms with Crippen LogP contribution in [0.25, 0.3) is 0 Å². The summed E-state index contributed by atoms with van der Waals surface area (Å²) in [7, 11) is 0. The molecule has 1 aliphatic rings. The number of hydrogen-bond donors (Lipinski definition) is 2. The molecule has 0 saturated carbocycles. The lowest BCUT2D eigenvalue weighted by atomic mass is 10.00. The molecule has 0 radical (unpaired) electrons. The fourth-order valence-electron chi connectivity index (χ4n) is 2.08. The van der Waals surface area contributed by atoms with E-state index in [-0.39, 0.29) is 18.4 Å². The van der Waals surface area contributed by atoms with E-state index in [2.05, 4.69) is 29.5 Å². The Morgan fingerprint density at radius 2 is 2.19 bits per heavy atom. The number of nitrogens with zero attached hydrogens (tertiary/aromatic N) is 2. The fraction of sp³-hybridized carbons (Fsp3) is 0.643. The van der Waals surface area contributed by atoms with Gasteiger partial charge in [-0.3, -0.25) is 14.9 Å². The van der Waals surface area contributed by atoms with Crippen LogP contribution in [0.3, 0.4) is 0 Å². The first-order valence-electron chi connectivity index (χ1n) is 7.08. The zero-order valence-electron chi connectivity index (χ0n) is 12.9. The molecule has 1 fully saturated rings. The van der Waals surface area contributed by atoms with Crippen molar-refractivity contribution in [3.8, 4) is 0 Å². The molecule has 6 nitrogen and oxygen atoms in total. The third kappa shape index (κ3) is 3.59. The van der Waals surface area contributed by atoms with Crippen LogP contribution in [0.2, 0.25) is 0 Å². The Morgan fingerprint density at radius 3 is 2.86 bits per heavy atom. The SMILES string of the molecule is CC(C)CNCc1cnc(N2CC(=O)NC(=O)C2(C)C)s1. The Hall–Kier alpha value is -1.47. The summed E-state index contributed by atoms with van der Waals surface area (Å²) in [5.74, 6) is 0.0298. The number of aromatic nitrogens is 1. The number of carbonyl (C=O) groups excluding carboxylic acids is 2. The van der Waals surface area contributed by atoms with Crippen LogP contribution in [-0.2, 0) is 16.1 Å². The van der Waals surface area contributed by atoms with Crippen LogP contribution >= 0.6 is 11.3 Å². The Balaban J connectivity index is 2.09. The molecule has 0 unspecified atom stereocenters. The van der Waals surface area contributed by atoms with Gasteiger partial charge in [0, 0.05) is 17.6 Å². The molecule has 2 rings (SSSR count). The fourth-order valence-corrected chi connectivity index (χ4v) is 3.10. The average molecular weight is 310 g/mol. The van der Waals surface area contributed by atoms with Gasteiger partial charge in [0.05, 0.1) is 0 Å². The van der Waals surface area contributed by atoms with Gasteiger partial charge < -0.3 is 10.2 Å². The Kier molecular flexibility index (Phi) is 4.63. The summed E-state index contributed by atoms with van der Waals surface area (Å²) in [6, 6.07) is 0. The number of carbonyl (C=O) groups is 2. The van der Waals surface area contributed by atoms with Gasteiger partial charge in [0.15, 0.2) is 5.13 Å². The standard InChI is InChI=1S/C14H22N4O2S/c1-9(2)5-15-6-10-7-16-13(21-10)18-8-11(19)17-12(20)14(18,3)4/h7,9,15H,5-6,8H2,1-4H3,(H,17,19,20). The Bertz CT molecular complexity index is 539. The normalized spacial score (nSPS) is 18.2. The highest BCUT2D eigenvalue weighted by atomic mass is 32.1.